The van der Waals surface area contributed by atoms with Crippen molar-refractivity contribution >= 4 is 6.29 Å². The summed E-state index contributed by atoms with van der Waals surface area (Å²) in [5.74, 6) is 0.649. The molecule has 0 amide bonds. The molecule has 0 fully saturated rings. The summed E-state index contributed by atoms with van der Waals surface area (Å²) in [4.78, 5) is 10.6. The lowest BCUT2D eigenvalue weighted by Crippen LogP contribution is -2.08. The first-order chi connectivity index (χ1) is 6.27. The van der Waals surface area contributed by atoms with Crippen LogP contribution in [0.5, 0.6) is 0 Å². The van der Waals surface area contributed by atoms with Gasteiger partial charge in [-0.25, -0.2) is 0 Å². The molecule has 2 nitrogen and oxygen atoms in total. The van der Waals surface area contributed by atoms with Crippen LogP contribution in [0.3, 0.4) is 0 Å². The third kappa shape index (κ3) is 2.72. The Morgan fingerprint density at radius 2 is 2.38 bits per heavy atom. The molecule has 72 valence electrons. The SMILES string of the molecule is CCCC(C)Cn1cccc1C=O. The zero-order chi connectivity index (χ0) is 9.68. The van der Waals surface area contributed by atoms with Gasteiger partial charge in [-0.1, -0.05) is 20.3 Å². The quantitative estimate of drug-likeness (QED) is 0.637. The largest absolute Gasteiger partial charge is 0.345 e. The van der Waals surface area contributed by atoms with Gasteiger partial charge >= 0.3 is 0 Å². The maximum Gasteiger partial charge on any atom is 0.166 e. The number of carbonyl (C=O) groups excluding carboxylic acids is 1. The second-order valence-corrected chi connectivity index (χ2v) is 3.60. The summed E-state index contributed by atoms with van der Waals surface area (Å²) in [5, 5.41) is 0. The summed E-state index contributed by atoms with van der Waals surface area (Å²) in [6.07, 6.45) is 5.31. The first-order valence-electron chi connectivity index (χ1n) is 4.88. The van der Waals surface area contributed by atoms with Crippen molar-refractivity contribution in [1.82, 2.24) is 4.57 Å². The maximum atomic E-state index is 10.6. The Bertz CT molecular complexity index is 265. The van der Waals surface area contributed by atoms with Crippen molar-refractivity contribution in [1.29, 1.82) is 0 Å². The number of hydrogen-bond donors (Lipinski definition) is 0. The van der Waals surface area contributed by atoms with Crippen LogP contribution in [0.15, 0.2) is 18.3 Å². The number of nitrogens with zero attached hydrogens (tertiary/aromatic N) is 1. The highest BCUT2D eigenvalue weighted by molar-refractivity contribution is 5.72. The molecular formula is C11H17NO. The number of rotatable bonds is 5. The highest BCUT2D eigenvalue weighted by Crippen LogP contribution is 2.10. The zero-order valence-corrected chi connectivity index (χ0v) is 8.36. The van der Waals surface area contributed by atoms with Gasteiger partial charge in [0.15, 0.2) is 6.29 Å². The minimum Gasteiger partial charge on any atom is -0.345 e. The van der Waals surface area contributed by atoms with E-state index in [1.54, 1.807) is 0 Å². The number of aromatic nitrogens is 1. The second-order valence-electron chi connectivity index (χ2n) is 3.60. The van der Waals surface area contributed by atoms with Crippen molar-refractivity contribution in [3.8, 4) is 0 Å². The Kier molecular flexibility index (Phi) is 3.74. The van der Waals surface area contributed by atoms with Crippen molar-refractivity contribution in [2.24, 2.45) is 5.92 Å². The monoisotopic (exact) mass is 179 g/mol. The Hall–Kier alpha value is -1.05. The molecule has 0 aliphatic heterocycles. The molecule has 0 N–H and O–H groups in total. The summed E-state index contributed by atoms with van der Waals surface area (Å²) in [7, 11) is 0. The molecule has 1 heterocycles. The van der Waals surface area contributed by atoms with Crippen LogP contribution in [0, 0.1) is 5.92 Å². The lowest BCUT2D eigenvalue weighted by Gasteiger charge is -2.12. The van der Waals surface area contributed by atoms with Crippen molar-refractivity contribution in [2.45, 2.75) is 33.2 Å². The topological polar surface area (TPSA) is 22.0 Å². The van der Waals surface area contributed by atoms with Gasteiger partial charge in [0.05, 0.1) is 5.69 Å². The predicted molar refractivity (Wildman–Crippen MR) is 53.9 cm³/mol. The normalized spacial score (nSPS) is 12.8. The summed E-state index contributed by atoms with van der Waals surface area (Å²) in [5.41, 5.74) is 0.781. The molecule has 0 spiro atoms. The van der Waals surface area contributed by atoms with E-state index >= 15 is 0 Å². The molecule has 2 heteroatoms. The average Bonchev–Trinajstić information content (AvgIpc) is 2.52. The van der Waals surface area contributed by atoms with Crippen molar-refractivity contribution in [2.75, 3.05) is 0 Å². The number of carbonyl (C=O) groups is 1. The van der Waals surface area contributed by atoms with E-state index in [-0.39, 0.29) is 0 Å². The van der Waals surface area contributed by atoms with Gasteiger partial charge in [-0.15, -0.1) is 0 Å². The molecule has 1 aromatic heterocycles. The lowest BCUT2D eigenvalue weighted by molar-refractivity contribution is 0.111. The summed E-state index contributed by atoms with van der Waals surface area (Å²) >= 11 is 0. The molecule has 1 unspecified atom stereocenters. The second kappa shape index (κ2) is 4.85. The molecular weight excluding hydrogens is 162 g/mol. The minimum absolute atomic E-state index is 0.649. The predicted octanol–water partition coefficient (Wildman–Crippen LogP) is 2.74. The van der Waals surface area contributed by atoms with Crippen LogP contribution < -0.4 is 0 Å². The fraction of sp³-hybridized carbons (Fsp3) is 0.545. The molecule has 0 saturated heterocycles. The third-order valence-corrected chi connectivity index (χ3v) is 2.28. The van der Waals surface area contributed by atoms with Crippen LogP contribution in [0.1, 0.15) is 37.2 Å². The zero-order valence-electron chi connectivity index (χ0n) is 8.36. The molecule has 1 atom stereocenters. The Labute approximate surface area is 79.6 Å². The van der Waals surface area contributed by atoms with Crippen LogP contribution in [0.4, 0.5) is 0 Å². The van der Waals surface area contributed by atoms with E-state index in [4.69, 9.17) is 0 Å². The minimum atomic E-state index is 0.649. The maximum absolute atomic E-state index is 10.6. The van der Waals surface area contributed by atoms with Crippen LogP contribution in [-0.4, -0.2) is 10.9 Å². The fourth-order valence-electron chi connectivity index (χ4n) is 1.62. The van der Waals surface area contributed by atoms with Gasteiger partial charge < -0.3 is 4.57 Å². The molecule has 1 aromatic rings. The average molecular weight is 179 g/mol. The Balaban J connectivity index is 2.57. The molecule has 0 aliphatic rings. The standard InChI is InChI=1S/C11H17NO/c1-3-5-10(2)8-12-7-4-6-11(12)9-13/h4,6-7,9-10H,3,5,8H2,1-2H3. The van der Waals surface area contributed by atoms with E-state index in [1.165, 1.54) is 12.8 Å². The van der Waals surface area contributed by atoms with Crippen molar-refractivity contribution in [3.63, 3.8) is 0 Å². The Morgan fingerprint density at radius 1 is 1.62 bits per heavy atom. The first-order valence-corrected chi connectivity index (χ1v) is 4.88. The smallest absolute Gasteiger partial charge is 0.166 e. The first kappa shape index (κ1) is 10.0. The number of hydrogen-bond acceptors (Lipinski definition) is 1. The van der Waals surface area contributed by atoms with Gasteiger partial charge in [-0.05, 0) is 24.5 Å². The van der Waals surface area contributed by atoms with E-state index in [9.17, 15) is 4.79 Å². The van der Waals surface area contributed by atoms with Crippen LogP contribution in [0.25, 0.3) is 0 Å². The molecule has 13 heavy (non-hydrogen) atoms. The van der Waals surface area contributed by atoms with Gasteiger partial charge in [-0.2, -0.15) is 0 Å². The summed E-state index contributed by atoms with van der Waals surface area (Å²) < 4.78 is 2.02. The van der Waals surface area contributed by atoms with E-state index in [1.807, 2.05) is 22.9 Å². The number of aldehydes is 1. The van der Waals surface area contributed by atoms with E-state index in [0.29, 0.717) is 5.92 Å². The van der Waals surface area contributed by atoms with Crippen LogP contribution >= 0.6 is 0 Å². The molecule has 0 aromatic carbocycles. The van der Waals surface area contributed by atoms with Gasteiger partial charge in [-0.3, -0.25) is 4.79 Å². The van der Waals surface area contributed by atoms with E-state index < -0.39 is 0 Å². The summed E-state index contributed by atoms with van der Waals surface area (Å²) in [6, 6.07) is 3.77. The summed E-state index contributed by atoms with van der Waals surface area (Å²) in [6.45, 7) is 5.36. The third-order valence-electron chi connectivity index (χ3n) is 2.28. The molecule has 0 radical (unpaired) electrons. The van der Waals surface area contributed by atoms with Crippen molar-refractivity contribution < 1.29 is 4.79 Å². The lowest BCUT2D eigenvalue weighted by atomic mass is 10.1. The highest BCUT2D eigenvalue weighted by Gasteiger charge is 2.04. The molecule has 0 saturated carbocycles. The molecule has 1 rings (SSSR count). The fourth-order valence-corrected chi connectivity index (χ4v) is 1.62. The van der Waals surface area contributed by atoms with Gasteiger partial charge in [0.2, 0.25) is 0 Å². The van der Waals surface area contributed by atoms with E-state index in [0.717, 1.165) is 18.5 Å². The van der Waals surface area contributed by atoms with Gasteiger partial charge in [0.25, 0.3) is 0 Å². The van der Waals surface area contributed by atoms with E-state index in [2.05, 4.69) is 13.8 Å². The van der Waals surface area contributed by atoms with Gasteiger partial charge in [0, 0.05) is 12.7 Å². The van der Waals surface area contributed by atoms with Crippen molar-refractivity contribution in [3.05, 3.63) is 24.0 Å². The molecule has 0 bridgehead atoms. The Morgan fingerprint density at radius 3 is 3.00 bits per heavy atom. The highest BCUT2D eigenvalue weighted by atomic mass is 16.1. The van der Waals surface area contributed by atoms with Gasteiger partial charge in [0.1, 0.15) is 0 Å². The molecule has 0 aliphatic carbocycles. The van der Waals surface area contributed by atoms with Crippen LogP contribution in [-0.2, 0) is 6.54 Å². The van der Waals surface area contributed by atoms with Crippen LogP contribution in [0.2, 0.25) is 0 Å².